The summed E-state index contributed by atoms with van der Waals surface area (Å²) in [6.45, 7) is 0.736. The van der Waals surface area contributed by atoms with E-state index in [-0.39, 0.29) is 24.2 Å². The van der Waals surface area contributed by atoms with Gasteiger partial charge in [-0.05, 0) is 62.6 Å². The molecule has 0 spiro atoms. The van der Waals surface area contributed by atoms with Gasteiger partial charge < -0.3 is 10.0 Å². The van der Waals surface area contributed by atoms with Crippen LogP contribution in [-0.2, 0) is 17.6 Å². The van der Waals surface area contributed by atoms with Crippen LogP contribution in [-0.4, -0.2) is 44.8 Å². The molecule has 5 rings (SSSR count). The van der Waals surface area contributed by atoms with E-state index in [4.69, 9.17) is 0 Å². The van der Waals surface area contributed by atoms with E-state index in [0.717, 1.165) is 49.8 Å². The topological polar surface area (TPSA) is 75.4 Å². The van der Waals surface area contributed by atoms with E-state index in [0.29, 0.717) is 24.3 Å². The van der Waals surface area contributed by atoms with E-state index in [9.17, 15) is 19.1 Å². The zero-order valence-electron chi connectivity index (χ0n) is 16.2. The minimum atomic E-state index is -0.805. The summed E-state index contributed by atoms with van der Waals surface area (Å²) in [5.74, 6) is -1.30. The number of hydrogen-bond donors (Lipinski definition) is 1. The van der Waals surface area contributed by atoms with Crippen molar-refractivity contribution in [2.45, 2.75) is 44.9 Å². The first-order valence-corrected chi connectivity index (χ1v) is 10.4. The normalized spacial score (nSPS) is 25.7. The lowest BCUT2D eigenvalue weighted by atomic mass is 9.81. The molecule has 1 saturated carbocycles. The SMILES string of the molecule is O=C(c1nn(-c2cccc(F)c2)c2c1CCCC2)N1C[C@@H]2CCC[C@@]2(C(=O)O)C1. The first kappa shape index (κ1) is 18.3. The molecule has 152 valence electrons. The Kier molecular flexibility index (Phi) is 4.22. The highest BCUT2D eigenvalue weighted by Crippen LogP contribution is 2.49. The van der Waals surface area contributed by atoms with E-state index in [2.05, 4.69) is 5.10 Å². The van der Waals surface area contributed by atoms with Crippen molar-refractivity contribution in [3.8, 4) is 5.69 Å². The van der Waals surface area contributed by atoms with Crippen molar-refractivity contribution in [1.82, 2.24) is 14.7 Å². The zero-order valence-corrected chi connectivity index (χ0v) is 16.2. The van der Waals surface area contributed by atoms with Crippen molar-refractivity contribution in [1.29, 1.82) is 0 Å². The highest BCUT2D eigenvalue weighted by atomic mass is 19.1. The number of amides is 1. The van der Waals surface area contributed by atoms with Crippen molar-refractivity contribution in [3.63, 3.8) is 0 Å². The fourth-order valence-corrected chi connectivity index (χ4v) is 5.54. The second kappa shape index (κ2) is 6.68. The molecule has 0 unspecified atom stereocenters. The van der Waals surface area contributed by atoms with Crippen molar-refractivity contribution in [3.05, 3.63) is 47.0 Å². The minimum Gasteiger partial charge on any atom is -0.481 e. The Labute approximate surface area is 168 Å². The number of carbonyl (C=O) groups is 2. The van der Waals surface area contributed by atoms with Gasteiger partial charge in [-0.15, -0.1) is 0 Å². The van der Waals surface area contributed by atoms with Gasteiger partial charge in [-0.25, -0.2) is 9.07 Å². The molecular formula is C22H24FN3O3. The molecule has 6 nitrogen and oxygen atoms in total. The van der Waals surface area contributed by atoms with Crippen LogP contribution in [0.1, 0.15) is 53.8 Å². The maximum Gasteiger partial charge on any atom is 0.311 e. The monoisotopic (exact) mass is 397 g/mol. The lowest BCUT2D eigenvalue weighted by Gasteiger charge is -2.23. The molecule has 7 heteroatoms. The number of nitrogens with zero attached hydrogens (tertiary/aromatic N) is 3. The Balaban J connectivity index is 1.52. The van der Waals surface area contributed by atoms with Crippen molar-refractivity contribution < 1.29 is 19.1 Å². The van der Waals surface area contributed by atoms with Crippen LogP contribution in [0.15, 0.2) is 24.3 Å². The van der Waals surface area contributed by atoms with Gasteiger partial charge >= 0.3 is 5.97 Å². The van der Waals surface area contributed by atoms with Gasteiger partial charge in [-0.2, -0.15) is 5.10 Å². The molecule has 1 amide bonds. The predicted octanol–water partition coefficient (Wildman–Crippen LogP) is 3.22. The number of hydrogen-bond acceptors (Lipinski definition) is 3. The Bertz CT molecular complexity index is 1000. The van der Waals surface area contributed by atoms with Crippen LogP contribution in [0, 0.1) is 17.2 Å². The van der Waals surface area contributed by atoms with E-state index >= 15 is 0 Å². The highest BCUT2D eigenvalue weighted by molar-refractivity contribution is 5.95. The second-order valence-electron chi connectivity index (χ2n) is 8.61. The van der Waals surface area contributed by atoms with Crippen LogP contribution in [0.2, 0.25) is 0 Å². The number of aliphatic carboxylic acids is 1. The van der Waals surface area contributed by atoms with Gasteiger partial charge in [0.05, 0.1) is 11.1 Å². The van der Waals surface area contributed by atoms with Crippen LogP contribution in [0.4, 0.5) is 4.39 Å². The fraction of sp³-hybridized carbons (Fsp3) is 0.500. The van der Waals surface area contributed by atoms with E-state index in [1.54, 1.807) is 21.7 Å². The van der Waals surface area contributed by atoms with Crippen molar-refractivity contribution in [2.24, 2.45) is 11.3 Å². The lowest BCUT2D eigenvalue weighted by Crippen LogP contribution is -2.37. The van der Waals surface area contributed by atoms with E-state index in [1.807, 2.05) is 0 Å². The standard InChI is InChI=1S/C22H24FN3O3/c23-15-6-3-7-16(11-15)26-18-9-2-1-8-17(18)19(24-26)20(27)25-12-14-5-4-10-22(14,13-25)21(28)29/h3,6-7,11,14H,1-2,4-5,8-10,12-13H2,(H,28,29)/t14-,22+/m0/s1. The summed E-state index contributed by atoms with van der Waals surface area (Å²) in [5, 5.41) is 14.4. The molecule has 2 atom stereocenters. The molecule has 2 fully saturated rings. The second-order valence-corrected chi connectivity index (χ2v) is 8.61. The summed E-state index contributed by atoms with van der Waals surface area (Å²) in [4.78, 5) is 27.1. The van der Waals surface area contributed by atoms with Gasteiger partial charge in [0.1, 0.15) is 5.82 Å². The Morgan fingerprint density at radius 2 is 2.03 bits per heavy atom. The smallest absolute Gasteiger partial charge is 0.311 e. The summed E-state index contributed by atoms with van der Waals surface area (Å²) >= 11 is 0. The molecule has 2 aliphatic carbocycles. The number of aromatic nitrogens is 2. The van der Waals surface area contributed by atoms with Gasteiger partial charge in [0.25, 0.3) is 5.91 Å². The number of rotatable bonds is 3. The number of carbonyl (C=O) groups excluding carboxylic acids is 1. The summed E-state index contributed by atoms with van der Waals surface area (Å²) in [5.41, 5.74) is 2.12. The molecule has 2 aromatic rings. The molecule has 29 heavy (non-hydrogen) atoms. The number of halogens is 1. The molecular weight excluding hydrogens is 373 g/mol. The quantitative estimate of drug-likeness (QED) is 0.863. The minimum absolute atomic E-state index is 0.0186. The third-order valence-corrected chi connectivity index (χ3v) is 7.02. The van der Waals surface area contributed by atoms with Gasteiger partial charge in [0.2, 0.25) is 0 Å². The average Bonchev–Trinajstić information content (AvgIpc) is 3.38. The third kappa shape index (κ3) is 2.78. The van der Waals surface area contributed by atoms with Crippen molar-refractivity contribution in [2.75, 3.05) is 13.1 Å². The molecule has 0 bridgehead atoms. The zero-order chi connectivity index (χ0) is 20.2. The van der Waals surface area contributed by atoms with Crippen LogP contribution >= 0.6 is 0 Å². The summed E-state index contributed by atoms with van der Waals surface area (Å²) in [7, 11) is 0. The molecule has 1 aliphatic heterocycles. The molecule has 1 aromatic carbocycles. The van der Waals surface area contributed by atoms with Crippen LogP contribution < -0.4 is 0 Å². The largest absolute Gasteiger partial charge is 0.481 e. The summed E-state index contributed by atoms with van der Waals surface area (Å²) in [6.07, 6.45) is 5.96. The first-order chi connectivity index (χ1) is 14.0. The number of fused-ring (bicyclic) bond motifs is 2. The maximum absolute atomic E-state index is 13.8. The molecule has 1 N–H and O–H groups in total. The third-order valence-electron chi connectivity index (χ3n) is 7.02. The van der Waals surface area contributed by atoms with Crippen LogP contribution in [0.3, 0.4) is 0 Å². The fourth-order valence-electron chi connectivity index (χ4n) is 5.54. The summed E-state index contributed by atoms with van der Waals surface area (Å²) in [6, 6.07) is 6.25. The number of carboxylic acids is 1. The van der Waals surface area contributed by atoms with Crippen LogP contribution in [0.5, 0.6) is 0 Å². The maximum atomic E-state index is 13.8. The Morgan fingerprint density at radius 3 is 2.79 bits per heavy atom. The predicted molar refractivity (Wildman–Crippen MR) is 103 cm³/mol. The number of benzene rings is 1. The Morgan fingerprint density at radius 1 is 1.21 bits per heavy atom. The summed E-state index contributed by atoms with van der Waals surface area (Å²) < 4.78 is 15.5. The van der Waals surface area contributed by atoms with Gasteiger partial charge in [-0.1, -0.05) is 12.5 Å². The van der Waals surface area contributed by atoms with Gasteiger partial charge in [-0.3, -0.25) is 9.59 Å². The van der Waals surface area contributed by atoms with Gasteiger partial charge in [0.15, 0.2) is 5.69 Å². The number of carboxylic acid groups (broad SMARTS) is 1. The van der Waals surface area contributed by atoms with Gasteiger partial charge in [0, 0.05) is 24.3 Å². The van der Waals surface area contributed by atoms with Crippen LogP contribution in [0.25, 0.3) is 5.69 Å². The Hall–Kier alpha value is -2.70. The average molecular weight is 397 g/mol. The van der Waals surface area contributed by atoms with Crippen molar-refractivity contribution >= 4 is 11.9 Å². The van der Waals surface area contributed by atoms with E-state index in [1.165, 1.54) is 12.1 Å². The molecule has 1 aromatic heterocycles. The first-order valence-electron chi connectivity index (χ1n) is 10.4. The lowest BCUT2D eigenvalue weighted by molar-refractivity contribution is -0.149. The molecule has 1 saturated heterocycles. The molecule has 2 heterocycles. The number of likely N-dealkylation sites (tertiary alicyclic amines) is 1. The van der Waals surface area contributed by atoms with E-state index < -0.39 is 11.4 Å². The highest BCUT2D eigenvalue weighted by Gasteiger charge is 2.56. The molecule has 0 radical (unpaired) electrons. The molecule has 3 aliphatic rings.